The number of fused-ring (bicyclic) bond motifs is 3. The normalized spacial score (nSPS) is 43.9. The Morgan fingerprint density at radius 2 is 1.77 bits per heavy atom. The van der Waals surface area contributed by atoms with Gasteiger partial charge in [-0.2, -0.15) is 4.80 Å². The number of nitrogens with two attached hydrogens (primary N) is 1. The first kappa shape index (κ1) is 38.2. The minimum Gasteiger partial charge on any atom is -0.481 e. The highest BCUT2D eigenvalue weighted by molar-refractivity contribution is 5.73. The molecule has 2 aliphatic heterocycles. The first-order valence-corrected chi connectivity index (χ1v) is 20.8. The van der Waals surface area contributed by atoms with Crippen molar-refractivity contribution in [3.05, 3.63) is 11.6 Å². The van der Waals surface area contributed by atoms with E-state index in [2.05, 4.69) is 95.6 Å². The van der Waals surface area contributed by atoms with Crippen molar-refractivity contribution in [1.82, 2.24) is 25.1 Å². The predicted molar refractivity (Wildman–Crippen MR) is 203 cm³/mol. The molecule has 0 radical (unpaired) electrons. The van der Waals surface area contributed by atoms with Gasteiger partial charge in [0.15, 0.2) is 0 Å². The van der Waals surface area contributed by atoms with Gasteiger partial charge in [-0.15, -0.1) is 5.10 Å². The van der Waals surface area contributed by atoms with Crippen LogP contribution in [0.1, 0.15) is 133 Å². The van der Waals surface area contributed by atoms with Crippen LogP contribution in [0, 0.1) is 62.6 Å². The Balaban J connectivity index is 1.29. The third-order valence-electron chi connectivity index (χ3n) is 17.7. The van der Waals surface area contributed by atoms with E-state index in [1.807, 2.05) is 0 Å². The average Bonchev–Trinajstić information content (AvgIpc) is 3.53. The van der Waals surface area contributed by atoms with Gasteiger partial charge in [0.2, 0.25) is 0 Å². The highest BCUT2D eigenvalue weighted by Crippen LogP contribution is 2.75. The van der Waals surface area contributed by atoms with Crippen molar-refractivity contribution in [3.63, 3.8) is 0 Å². The van der Waals surface area contributed by atoms with E-state index in [4.69, 9.17) is 15.2 Å². The van der Waals surface area contributed by atoms with Crippen LogP contribution in [0.5, 0.6) is 0 Å². The lowest BCUT2D eigenvalue weighted by molar-refractivity contribution is -0.256. The highest BCUT2D eigenvalue weighted by Gasteiger charge is 2.72. The summed E-state index contributed by atoms with van der Waals surface area (Å²) in [6.45, 7) is 27.5. The Hall–Kier alpha value is -2.04. The summed E-state index contributed by atoms with van der Waals surface area (Å²) >= 11 is 0. The average molecular weight is 723 g/mol. The van der Waals surface area contributed by atoms with Crippen molar-refractivity contribution in [2.24, 2.45) is 62.6 Å². The summed E-state index contributed by atoms with van der Waals surface area (Å²) in [5.41, 5.74) is 6.32. The summed E-state index contributed by atoms with van der Waals surface area (Å²) in [7, 11) is 0. The van der Waals surface area contributed by atoms with Crippen LogP contribution in [-0.4, -0.2) is 80.7 Å². The van der Waals surface area contributed by atoms with Crippen molar-refractivity contribution in [1.29, 1.82) is 0 Å². The number of nitrogen functional groups attached to an aromatic ring is 1. The molecular weight excluding hydrogens is 653 g/mol. The van der Waals surface area contributed by atoms with Gasteiger partial charge in [0.05, 0.1) is 31.8 Å². The van der Waals surface area contributed by atoms with E-state index in [-0.39, 0.29) is 50.7 Å². The SMILES string of the molecule is CC(C)[C@@H](C)[C@@]1(C)CC[C@]2(C)[C@H]3CC[C@@H]4[C@@]5(COC[C@]4(C)[C@@H](OC[C@@](C)(C(C)C)N4CCCCC4)[C@H](n4nnc(N)n4)C5)C3=CC[C@@]2(C)[C@@H]1C(=O)O. The number of hydrogen-bond donors (Lipinski definition) is 2. The number of carbonyl (C=O) groups is 1. The van der Waals surface area contributed by atoms with E-state index in [1.165, 1.54) is 24.8 Å². The Morgan fingerprint density at radius 1 is 1.06 bits per heavy atom. The molecular formula is C42H70N6O4. The number of hydrogen-bond acceptors (Lipinski definition) is 8. The molecule has 10 heteroatoms. The molecule has 0 spiro atoms. The van der Waals surface area contributed by atoms with Gasteiger partial charge in [-0.3, -0.25) is 9.69 Å². The van der Waals surface area contributed by atoms with Gasteiger partial charge in [0, 0.05) is 16.4 Å². The van der Waals surface area contributed by atoms with E-state index in [9.17, 15) is 9.90 Å². The van der Waals surface area contributed by atoms with Gasteiger partial charge in [-0.25, -0.2) is 0 Å². The molecule has 6 aliphatic rings. The van der Waals surface area contributed by atoms with Gasteiger partial charge in [-0.05, 0) is 122 Å². The van der Waals surface area contributed by atoms with Crippen LogP contribution in [0.15, 0.2) is 11.6 Å². The Labute approximate surface area is 313 Å². The van der Waals surface area contributed by atoms with Crippen LogP contribution in [0.3, 0.4) is 0 Å². The maximum Gasteiger partial charge on any atom is 0.307 e. The summed E-state index contributed by atoms with van der Waals surface area (Å²) in [5.74, 6) is 0.989. The maximum atomic E-state index is 13.5. The van der Waals surface area contributed by atoms with Crippen LogP contribution in [0.25, 0.3) is 0 Å². The predicted octanol–water partition coefficient (Wildman–Crippen LogP) is 7.67. The number of piperidine rings is 1. The van der Waals surface area contributed by atoms with Gasteiger partial charge < -0.3 is 20.3 Å². The van der Waals surface area contributed by atoms with Crippen LogP contribution < -0.4 is 5.73 Å². The molecule has 0 amide bonds. The number of likely N-dealkylation sites (tertiary alicyclic amines) is 1. The minimum atomic E-state index is -0.619. The summed E-state index contributed by atoms with van der Waals surface area (Å²) in [5, 5.41) is 24.5. The van der Waals surface area contributed by atoms with Gasteiger partial charge in [0.25, 0.3) is 5.95 Å². The summed E-state index contributed by atoms with van der Waals surface area (Å²) < 4.78 is 14.2. The van der Waals surface area contributed by atoms with E-state index >= 15 is 0 Å². The number of anilines is 1. The fourth-order valence-corrected chi connectivity index (χ4v) is 13.8. The zero-order chi connectivity index (χ0) is 37.6. The highest BCUT2D eigenvalue weighted by atomic mass is 16.5. The number of tetrazole rings is 1. The van der Waals surface area contributed by atoms with Crippen molar-refractivity contribution in [2.45, 2.75) is 145 Å². The number of ether oxygens (including phenoxy) is 2. The molecule has 292 valence electrons. The summed E-state index contributed by atoms with van der Waals surface area (Å²) in [6.07, 6.45) is 11.8. The number of carboxylic acid groups (broad SMARTS) is 1. The topological polar surface area (TPSA) is 129 Å². The molecule has 0 aromatic carbocycles. The lowest BCUT2D eigenvalue weighted by Crippen LogP contribution is -2.69. The van der Waals surface area contributed by atoms with Crippen LogP contribution >= 0.6 is 0 Å². The smallest absolute Gasteiger partial charge is 0.307 e. The second kappa shape index (κ2) is 13.0. The zero-order valence-electron chi connectivity index (χ0n) is 34.1. The third kappa shape index (κ3) is 5.32. The third-order valence-corrected chi connectivity index (χ3v) is 17.7. The molecule has 10 nitrogen and oxygen atoms in total. The van der Waals surface area contributed by atoms with Crippen LogP contribution in [0.4, 0.5) is 5.95 Å². The molecule has 1 aromatic rings. The molecule has 52 heavy (non-hydrogen) atoms. The zero-order valence-corrected chi connectivity index (χ0v) is 34.1. The van der Waals surface area contributed by atoms with Crippen molar-refractivity contribution in [3.8, 4) is 0 Å². The standard InChI is InChI=1S/C42H70N6O4/c1-26(2)28(5)37(6)18-19-39(8)29-14-15-32-38(7)23-51-25-42(32,30(29)16-17-40(39,9)33(37)35(49)50)22-31(48-45-36(43)44-46-48)34(38)52-24-41(10,27(3)4)47-20-12-11-13-21-47/h16,26-29,31-34H,11-15,17-25H2,1-10H3,(H2,43,45)(H,49,50)/t28-,29+,31-,32+,33-,34+,37-,38+,39-,40+,41+,42+/m1/s1. The Morgan fingerprint density at radius 3 is 2.38 bits per heavy atom. The number of allylic oxidation sites excluding steroid dienone is 1. The molecule has 0 unspecified atom stereocenters. The molecule has 5 fully saturated rings. The molecule has 2 saturated heterocycles. The first-order chi connectivity index (χ1) is 24.4. The number of aliphatic carboxylic acids is 1. The minimum absolute atomic E-state index is 0.0912. The van der Waals surface area contributed by atoms with Crippen molar-refractivity contribution >= 4 is 11.9 Å². The number of nitrogens with zero attached hydrogens (tertiary/aromatic N) is 5. The quantitative estimate of drug-likeness (QED) is 0.247. The Bertz CT molecular complexity index is 1540. The second-order valence-electron chi connectivity index (χ2n) is 20.4. The molecule has 12 atom stereocenters. The molecule has 2 bridgehead atoms. The number of aromatic nitrogens is 4. The molecule has 7 rings (SSSR count). The Kier molecular flexibility index (Phi) is 9.58. The van der Waals surface area contributed by atoms with Crippen molar-refractivity contribution in [2.75, 3.05) is 38.6 Å². The molecule has 3 saturated carbocycles. The summed E-state index contributed by atoms with van der Waals surface area (Å²) in [6, 6.07) is -0.151. The van der Waals surface area contributed by atoms with E-state index in [0.29, 0.717) is 49.4 Å². The molecule has 4 aliphatic carbocycles. The lowest BCUT2D eigenvalue weighted by Gasteiger charge is -2.71. The number of rotatable bonds is 9. The summed E-state index contributed by atoms with van der Waals surface area (Å²) in [4.78, 5) is 18.0. The fourth-order valence-electron chi connectivity index (χ4n) is 13.8. The first-order valence-electron chi connectivity index (χ1n) is 20.8. The van der Waals surface area contributed by atoms with Gasteiger partial charge in [-0.1, -0.05) is 85.5 Å². The van der Waals surface area contributed by atoms with Crippen LogP contribution in [-0.2, 0) is 14.3 Å². The fraction of sp³-hybridized carbons (Fsp3) is 0.905. The lowest BCUT2D eigenvalue weighted by atomic mass is 9.34. The van der Waals surface area contributed by atoms with E-state index in [0.717, 1.165) is 51.6 Å². The maximum absolute atomic E-state index is 13.5. The molecule has 3 heterocycles. The van der Waals surface area contributed by atoms with Gasteiger partial charge >= 0.3 is 5.97 Å². The van der Waals surface area contributed by atoms with E-state index in [1.54, 1.807) is 4.80 Å². The largest absolute Gasteiger partial charge is 0.481 e. The van der Waals surface area contributed by atoms with Crippen molar-refractivity contribution < 1.29 is 19.4 Å². The monoisotopic (exact) mass is 723 g/mol. The number of carboxylic acids is 1. The van der Waals surface area contributed by atoms with Crippen LogP contribution in [0.2, 0.25) is 0 Å². The van der Waals surface area contributed by atoms with E-state index < -0.39 is 11.9 Å². The molecule has 3 N–H and O–H groups in total. The van der Waals surface area contributed by atoms with Gasteiger partial charge in [0.1, 0.15) is 6.04 Å². The molecule has 1 aromatic heterocycles. The second-order valence-corrected chi connectivity index (χ2v) is 20.4.